The van der Waals surface area contributed by atoms with Gasteiger partial charge in [-0.15, -0.1) is 0 Å². The summed E-state index contributed by atoms with van der Waals surface area (Å²) in [5.41, 5.74) is 4.18. The zero-order valence-electron chi connectivity index (χ0n) is 9.55. The Morgan fingerprint density at radius 3 is 3.00 bits per heavy atom. The summed E-state index contributed by atoms with van der Waals surface area (Å²) in [7, 11) is 0. The van der Waals surface area contributed by atoms with Gasteiger partial charge in [0.2, 0.25) is 0 Å². The molecular weight excluding hydrogens is 186 g/mol. The highest BCUT2D eigenvalue weighted by molar-refractivity contribution is 5.32. The van der Waals surface area contributed by atoms with Crippen molar-refractivity contribution in [2.24, 2.45) is 0 Å². The van der Waals surface area contributed by atoms with Crippen LogP contribution in [0.4, 0.5) is 0 Å². The van der Waals surface area contributed by atoms with Crippen molar-refractivity contribution in [3.05, 3.63) is 34.9 Å². The van der Waals surface area contributed by atoms with Crippen molar-refractivity contribution in [1.82, 2.24) is 5.32 Å². The molecule has 0 radical (unpaired) electrons. The lowest BCUT2D eigenvalue weighted by Crippen LogP contribution is -2.28. The average Bonchev–Trinajstić information content (AvgIpc) is 2.73. The molecule has 0 spiro atoms. The van der Waals surface area contributed by atoms with E-state index in [0.29, 0.717) is 6.04 Å². The Morgan fingerprint density at radius 1 is 1.40 bits per heavy atom. The van der Waals surface area contributed by atoms with Crippen molar-refractivity contribution < 1.29 is 4.74 Å². The van der Waals surface area contributed by atoms with Crippen molar-refractivity contribution in [2.75, 3.05) is 13.2 Å². The number of rotatable bonds is 3. The summed E-state index contributed by atoms with van der Waals surface area (Å²) in [5.74, 6) is 0. The fourth-order valence-corrected chi connectivity index (χ4v) is 1.95. The predicted octanol–water partition coefficient (Wildman–Crippen LogP) is 2.18. The highest BCUT2D eigenvalue weighted by Crippen LogP contribution is 2.13. The van der Waals surface area contributed by atoms with Gasteiger partial charge < -0.3 is 10.1 Å². The highest BCUT2D eigenvalue weighted by atomic mass is 16.5. The van der Waals surface area contributed by atoms with E-state index in [1.54, 1.807) is 0 Å². The molecule has 0 saturated carbocycles. The SMILES string of the molecule is Cc1cccc(CNC2CCOC2)c1C. The number of ether oxygens (including phenoxy) is 1. The summed E-state index contributed by atoms with van der Waals surface area (Å²) < 4.78 is 5.34. The minimum atomic E-state index is 0.546. The first-order valence-corrected chi connectivity index (χ1v) is 5.63. The van der Waals surface area contributed by atoms with Crippen molar-refractivity contribution in [3.8, 4) is 0 Å². The average molecular weight is 205 g/mol. The molecule has 2 heteroatoms. The highest BCUT2D eigenvalue weighted by Gasteiger charge is 2.14. The fourth-order valence-electron chi connectivity index (χ4n) is 1.95. The van der Waals surface area contributed by atoms with E-state index in [0.717, 1.165) is 26.2 Å². The maximum atomic E-state index is 5.34. The first-order valence-electron chi connectivity index (χ1n) is 5.63. The maximum Gasteiger partial charge on any atom is 0.0620 e. The molecule has 0 amide bonds. The second-order valence-corrected chi connectivity index (χ2v) is 4.30. The molecule has 1 aliphatic rings. The van der Waals surface area contributed by atoms with Gasteiger partial charge in [-0.1, -0.05) is 18.2 Å². The standard InChI is InChI=1S/C13H19NO/c1-10-4-3-5-12(11(10)2)8-14-13-6-7-15-9-13/h3-5,13-14H,6-9H2,1-2H3. The van der Waals surface area contributed by atoms with Crippen LogP contribution in [0.15, 0.2) is 18.2 Å². The van der Waals surface area contributed by atoms with E-state index in [2.05, 4.69) is 37.4 Å². The molecule has 1 saturated heterocycles. The molecule has 1 aromatic carbocycles. The molecule has 1 aromatic rings. The molecule has 1 atom stereocenters. The van der Waals surface area contributed by atoms with Crippen LogP contribution >= 0.6 is 0 Å². The van der Waals surface area contributed by atoms with Crippen molar-refractivity contribution in [3.63, 3.8) is 0 Å². The van der Waals surface area contributed by atoms with Gasteiger partial charge in [0.1, 0.15) is 0 Å². The van der Waals surface area contributed by atoms with Crippen LogP contribution in [0.25, 0.3) is 0 Å². The third kappa shape index (κ3) is 2.58. The van der Waals surface area contributed by atoms with E-state index in [9.17, 15) is 0 Å². The zero-order chi connectivity index (χ0) is 10.7. The summed E-state index contributed by atoms with van der Waals surface area (Å²) in [5, 5.41) is 3.54. The molecule has 1 heterocycles. The van der Waals surface area contributed by atoms with Crippen LogP contribution in [0.3, 0.4) is 0 Å². The Morgan fingerprint density at radius 2 is 2.27 bits per heavy atom. The monoisotopic (exact) mass is 205 g/mol. The van der Waals surface area contributed by atoms with Gasteiger partial charge in [0.25, 0.3) is 0 Å². The van der Waals surface area contributed by atoms with E-state index in [1.807, 2.05) is 0 Å². The van der Waals surface area contributed by atoms with Crippen molar-refractivity contribution in [2.45, 2.75) is 32.9 Å². The summed E-state index contributed by atoms with van der Waals surface area (Å²) in [6.45, 7) is 7.09. The van der Waals surface area contributed by atoms with Gasteiger partial charge in [-0.3, -0.25) is 0 Å². The van der Waals surface area contributed by atoms with E-state index in [-0.39, 0.29) is 0 Å². The Hall–Kier alpha value is -0.860. The second kappa shape index (κ2) is 4.77. The summed E-state index contributed by atoms with van der Waals surface area (Å²) >= 11 is 0. The van der Waals surface area contributed by atoms with E-state index < -0.39 is 0 Å². The quantitative estimate of drug-likeness (QED) is 0.816. The molecule has 2 nitrogen and oxygen atoms in total. The number of nitrogens with one attached hydrogen (secondary N) is 1. The minimum absolute atomic E-state index is 0.546. The van der Waals surface area contributed by atoms with Crippen molar-refractivity contribution in [1.29, 1.82) is 0 Å². The zero-order valence-corrected chi connectivity index (χ0v) is 9.55. The third-order valence-electron chi connectivity index (χ3n) is 3.23. The Kier molecular flexibility index (Phi) is 3.39. The Labute approximate surface area is 91.6 Å². The first kappa shape index (κ1) is 10.7. The number of benzene rings is 1. The lowest BCUT2D eigenvalue weighted by molar-refractivity contribution is 0.190. The topological polar surface area (TPSA) is 21.3 Å². The van der Waals surface area contributed by atoms with Crippen LogP contribution in [0, 0.1) is 13.8 Å². The van der Waals surface area contributed by atoms with Gasteiger partial charge in [-0.25, -0.2) is 0 Å². The molecule has 82 valence electrons. The molecule has 0 bridgehead atoms. The maximum absolute atomic E-state index is 5.34. The molecule has 0 aliphatic carbocycles. The van der Waals surface area contributed by atoms with Gasteiger partial charge in [0, 0.05) is 19.2 Å². The van der Waals surface area contributed by atoms with Gasteiger partial charge in [-0.05, 0) is 37.0 Å². The molecular formula is C13H19NO. The summed E-state index contributed by atoms with van der Waals surface area (Å²) in [4.78, 5) is 0. The van der Waals surface area contributed by atoms with E-state index >= 15 is 0 Å². The van der Waals surface area contributed by atoms with Gasteiger partial charge in [-0.2, -0.15) is 0 Å². The number of hydrogen-bond donors (Lipinski definition) is 1. The smallest absolute Gasteiger partial charge is 0.0620 e. The van der Waals surface area contributed by atoms with E-state index in [4.69, 9.17) is 4.74 Å². The first-order chi connectivity index (χ1) is 7.27. The van der Waals surface area contributed by atoms with Gasteiger partial charge in [0.15, 0.2) is 0 Å². The van der Waals surface area contributed by atoms with Crippen LogP contribution in [0.2, 0.25) is 0 Å². The van der Waals surface area contributed by atoms with Gasteiger partial charge >= 0.3 is 0 Å². The molecule has 1 fully saturated rings. The normalized spacial score (nSPS) is 20.8. The van der Waals surface area contributed by atoms with Crippen LogP contribution in [0.1, 0.15) is 23.1 Å². The molecule has 1 unspecified atom stereocenters. The summed E-state index contributed by atoms with van der Waals surface area (Å²) in [6.07, 6.45) is 1.14. The summed E-state index contributed by atoms with van der Waals surface area (Å²) in [6, 6.07) is 7.04. The van der Waals surface area contributed by atoms with Crippen LogP contribution in [0.5, 0.6) is 0 Å². The van der Waals surface area contributed by atoms with Crippen LogP contribution in [-0.4, -0.2) is 19.3 Å². The lowest BCUT2D eigenvalue weighted by Gasteiger charge is -2.13. The Balaban J connectivity index is 1.95. The molecule has 2 rings (SSSR count). The number of aryl methyl sites for hydroxylation is 1. The predicted molar refractivity (Wildman–Crippen MR) is 62.0 cm³/mol. The molecule has 1 N–H and O–H groups in total. The second-order valence-electron chi connectivity index (χ2n) is 4.30. The van der Waals surface area contributed by atoms with Crippen LogP contribution in [-0.2, 0) is 11.3 Å². The number of hydrogen-bond acceptors (Lipinski definition) is 2. The largest absolute Gasteiger partial charge is 0.380 e. The molecule has 15 heavy (non-hydrogen) atoms. The van der Waals surface area contributed by atoms with E-state index in [1.165, 1.54) is 16.7 Å². The van der Waals surface area contributed by atoms with Crippen LogP contribution < -0.4 is 5.32 Å². The molecule has 1 aliphatic heterocycles. The third-order valence-corrected chi connectivity index (χ3v) is 3.23. The lowest BCUT2D eigenvalue weighted by atomic mass is 10.0. The van der Waals surface area contributed by atoms with Crippen molar-refractivity contribution >= 4 is 0 Å². The fraction of sp³-hybridized carbons (Fsp3) is 0.538. The minimum Gasteiger partial charge on any atom is -0.380 e. The Bertz CT molecular complexity index is 329. The molecule has 0 aromatic heterocycles. The van der Waals surface area contributed by atoms with Gasteiger partial charge in [0.05, 0.1) is 6.61 Å².